The number of hydrogen-bond donors (Lipinski definition) is 3. The standard InChI is InChI=1S/C13H17N5O/c1-8-6-12(17-16-8)15-13(19)9-4-5-11(18(2)3)10(14)7-9/h4-7H,14H2,1-3H3,(H2,15,16,17,19). The van der Waals surface area contributed by atoms with Crippen LogP contribution in [0.5, 0.6) is 0 Å². The lowest BCUT2D eigenvalue weighted by Crippen LogP contribution is -2.15. The Bertz CT molecular complexity index is 603. The van der Waals surface area contributed by atoms with Crippen molar-refractivity contribution >= 4 is 23.1 Å². The Morgan fingerprint density at radius 3 is 2.63 bits per heavy atom. The summed E-state index contributed by atoms with van der Waals surface area (Å²) in [6.07, 6.45) is 0. The van der Waals surface area contributed by atoms with Crippen molar-refractivity contribution in [2.24, 2.45) is 0 Å². The van der Waals surface area contributed by atoms with Gasteiger partial charge in [0.2, 0.25) is 0 Å². The summed E-state index contributed by atoms with van der Waals surface area (Å²) in [6, 6.07) is 6.97. The quantitative estimate of drug-likeness (QED) is 0.731. The number of hydrogen-bond acceptors (Lipinski definition) is 4. The van der Waals surface area contributed by atoms with Gasteiger partial charge in [0.25, 0.3) is 5.91 Å². The molecule has 0 spiro atoms. The van der Waals surface area contributed by atoms with Crippen LogP contribution in [-0.4, -0.2) is 30.2 Å². The van der Waals surface area contributed by atoms with Crippen LogP contribution >= 0.6 is 0 Å². The lowest BCUT2D eigenvalue weighted by atomic mass is 10.1. The number of carbonyl (C=O) groups is 1. The highest BCUT2D eigenvalue weighted by Gasteiger charge is 2.10. The molecule has 0 saturated heterocycles. The van der Waals surface area contributed by atoms with E-state index in [1.807, 2.05) is 32.0 Å². The molecule has 1 aromatic heterocycles. The minimum Gasteiger partial charge on any atom is -0.397 e. The van der Waals surface area contributed by atoms with E-state index in [4.69, 9.17) is 5.73 Å². The smallest absolute Gasteiger partial charge is 0.256 e. The molecule has 100 valence electrons. The predicted molar refractivity (Wildman–Crippen MR) is 76.5 cm³/mol. The molecule has 6 heteroatoms. The summed E-state index contributed by atoms with van der Waals surface area (Å²) in [5.74, 6) is 0.265. The van der Waals surface area contributed by atoms with E-state index < -0.39 is 0 Å². The third-order valence-corrected chi connectivity index (χ3v) is 2.72. The van der Waals surface area contributed by atoms with Gasteiger partial charge >= 0.3 is 0 Å². The number of nitrogens with zero attached hydrogens (tertiary/aromatic N) is 2. The molecule has 0 unspecified atom stereocenters. The van der Waals surface area contributed by atoms with Crippen LogP contribution in [0.2, 0.25) is 0 Å². The normalized spacial score (nSPS) is 10.3. The first kappa shape index (κ1) is 12.9. The van der Waals surface area contributed by atoms with E-state index in [-0.39, 0.29) is 5.91 Å². The fourth-order valence-corrected chi connectivity index (χ4v) is 1.77. The van der Waals surface area contributed by atoms with Crippen LogP contribution in [0.1, 0.15) is 16.1 Å². The minimum absolute atomic E-state index is 0.233. The number of aromatic nitrogens is 2. The number of amides is 1. The van der Waals surface area contributed by atoms with Gasteiger partial charge in [-0.15, -0.1) is 0 Å². The molecule has 1 heterocycles. The van der Waals surface area contributed by atoms with Crippen LogP contribution in [0.15, 0.2) is 24.3 Å². The number of benzene rings is 1. The summed E-state index contributed by atoms with van der Waals surface area (Å²) in [4.78, 5) is 13.9. The number of carbonyl (C=O) groups excluding carboxylic acids is 1. The number of nitrogens with two attached hydrogens (primary N) is 1. The summed E-state index contributed by atoms with van der Waals surface area (Å²) < 4.78 is 0. The SMILES string of the molecule is Cc1cc(NC(=O)c2ccc(N(C)C)c(N)c2)n[nH]1. The van der Waals surface area contributed by atoms with Gasteiger partial charge in [-0.05, 0) is 25.1 Å². The monoisotopic (exact) mass is 259 g/mol. The fourth-order valence-electron chi connectivity index (χ4n) is 1.77. The largest absolute Gasteiger partial charge is 0.397 e. The highest BCUT2D eigenvalue weighted by molar-refractivity contribution is 6.04. The zero-order valence-corrected chi connectivity index (χ0v) is 11.2. The van der Waals surface area contributed by atoms with Crippen molar-refractivity contribution in [3.05, 3.63) is 35.5 Å². The van der Waals surface area contributed by atoms with Crippen LogP contribution in [0.3, 0.4) is 0 Å². The summed E-state index contributed by atoms with van der Waals surface area (Å²) in [5, 5.41) is 9.42. The highest BCUT2D eigenvalue weighted by Crippen LogP contribution is 2.22. The van der Waals surface area contributed by atoms with Gasteiger partial charge in [0.05, 0.1) is 11.4 Å². The average molecular weight is 259 g/mol. The van der Waals surface area contributed by atoms with Crippen LogP contribution < -0.4 is 16.0 Å². The Balaban J connectivity index is 2.18. The van der Waals surface area contributed by atoms with E-state index in [1.54, 1.807) is 18.2 Å². The Kier molecular flexibility index (Phi) is 3.41. The molecule has 0 bridgehead atoms. The fraction of sp³-hybridized carbons (Fsp3) is 0.231. The number of aromatic amines is 1. The number of nitrogens with one attached hydrogen (secondary N) is 2. The van der Waals surface area contributed by atoms with Crippen molar-refractivity contribution in [1.82, 2.24) is 10.2 Å². The zero-order chi connectivity index (χ0) is 14.0. The lowest BCUT2D eigenvalue weighted by molar-refractivity contribution is 0.102. The lowest BCUT2D eigenvalue weighted by Gasteiger charge is -2.15. The van der Waals surface area contributed by atoms with Gasteiger partial charge in [-0.25, -0.2) is 0 Å². The van der Waals surface area contributed by atoms with Crippen molar-refractivity contribution in [1.29, 1.82) is 0 Å². The minimum atomic E-state index is -0.233. The van der Waals surface area contributed by atoms with Crippen molar-refractivity contribution < 1.29 is 4.79 Å². The first-order valence-corrected chi connectivity index (χ1v) is 5.87. The molecule has 19 heavy (non-hydrogen) atoms. The second kappa shape index (κ2) is 5.01. The predicted octanol–water partition coefficient (Wildman–Crippen LogP) is 1.62. The Morgan fingerprint density at radius 2 is 2.11 bits per heavy atom. The number of anilines is 3. The summed E-state index contributed by atoms with van der Waals surface area (Å²) in [5.41, 5.74) is 8.75. The van der Waals surface area contributed by atoms with Gasteiger partial charge in [-0.1, -0.05) is 0 Å². The topological polar surface area (TPSA) is 87.0 Å². The maximum atomic E-state index is 12.0. The van der Waals surface area contributed by atoms with Crippen LogP contribution in [-0.2, 0) is 0 Å². The number of rotatable bonds is 3. The van der Waals surface area contributed by atoms with E-state index in [2.05, 4.69) is 15.5 Å². The Morgan fingerprint density at radius 1 is 1.37 bits per heavy atom. The van der Waals surface area contributed by atoms with E-state index in [9.17, 15) is 4.79 Å². The van der Waals surface area contributed by atoms with Crippen molar-refractivity contribution in [3.8, 4) is 0 Å². The molecule has 0 atom stereocenters. The molecule has 0 aliphatic heterocycles. The molecule has 2 rings (SSSR count). The number of aryl methyl sites for hydroxylation is 1. The second-order valence-corrected chi connectivity index (χ2v) is 4.56. The molecule has 1 amide bonds. The summed E-state index contributed by atoms with van der Waals surface area (Å²) >= 11 is 0. The van der Waals surface area contributed by atoms with Gasteiger partial charge in [0, 0.05) is 31.4 Å². The third-order valence-electron chi connectivity index (χ3n) is 2.72. The maximum absolute atomic E-state index is 12.0. The molecule has 0 aliphatic carbocycles. The molecule has 0 radical (unpaired) electrons. The number of nitrogen functional groups attached to an aromatic ring is 1. The highest BCUT2D eigenvalue weighted by atomic mass is 16.1. The molecule has 6 nitrogen and oxygen atoms in total. The van der Waals surface area contributed by atoms with Crippen molar-refractivity contribution in [3.63, 3.8) is 0 Å². The van der Waals surface area contributed by atoms with E-state index in [0.717, 1.165) is 11.4 Å². The second-order valence-electron chi connectivity index (χ2n) is 4.56. The number of H-pyrrole nitrogens is 1. The van der Waals surface area contributed by atoms with Crippen LogP contribution in [0, 0.1) is 6.92 Å². The van der Waals surface area contributed by atoms with Gasteiger partial charge in [0.15, 0.2) is 5.82 Å². The van der Waals surface area contributed by atoms with E-state index in [1.165, 1.54) is 0 Å². The Hall–Kier alpha value is -2.50. The molecule has 2 aromatic rings. The summed E-state index contributed by atoms with van der Waals surface area (Å²) in [7, 11) is 3.80. The molecule has 0 fully saturated rings. The van der Waals surface area contributed by atoms with Crippen molar-refractivity contribution in [2.45, 2.75) is 6.92 Å². The third kappa shape index (κ3) is 2.85. The molecular formula is C13H17N5O. The van der Waals surface area contributed by atoms with E-state index in [0.29, 0.717) is 17.1 Å². The van der Waals surface area contributed by atoms with E-state index >= 15 is 0 Å². The van der Waals surface area contributed by atoms with Gasteiger partial charge in [-0.2, -0.15) is 5.10 Å². The van der Waals surface area contributed by atoms with Gasteiger partial charge in [0.1, 0.15) is 0 Å². The maximum Gasteiger partial charge on any atom is 0.256 e. The molecule has 1 aromatic carbocycles. The van der Waals surface area contributed by atoms with Gasteiger partial charge < -0.3 is 16.0 Å². The Labute approximate surface area is 111 Å². The van der Waals surface area contributed by atoms with Gasteiger partial charge in [-0.3, -0.25) is 9.89 Å². The molecule has 0 aliphatic rings. The molecule has 4 N–H and O–H groups in total. The summed E-state index contributed by atoms with van der Waals surface area (Å²) in [6.45, 7) is 1.87. The average Bonchev–Trinajstić information content (AvgIpc) is 2.74. The molecule has 0 saturated carbocycles. The van der Waals surface area contributed by atoms with Crippen molar-refractivity contribution in [2.75, 3.05) is 30.0 Å². The van der Waals surface area contributed by atoms with Crippen LogP contribution in [0.4, 0.5) is 17.2 Å². The van der Waals surface area contributed by atoms with Crippen LogP contribution in [0.25, 0.3) is 0 Å². The first-order chi connectivity index (χ1) is 8.97. The molecular weight excluding hydrogens is 242 g/mol. The first-order valence-electron chi connectivity index (χ1n) is 5.87. The zero-order valence-electron chi connectivity index (χ0n) is 11.2.